The fraction of sp³-hybridized carbons (Fsp3) is 0.417. The van der Waals surface area contributed by atoms with E-state index in [0.717, 1.165) is 22.7 Å². The first-order valence-electron chi connectivity index (χ1n) is 11.0. The molecule has 0 aromatic heterocycles. The van der Waals surface area contributed by atoms with Crippen molar-refractivity contribution in [3.8, 4) is 0 Å². The zero-order valence-corrected chi connectivity index (χ0v) is 20.9. The Morgan fingerprint density at radius 2 is 1.70 bits per heavy atom. The van der Waals surface area contributed by atoms with Crippen LogP contribution in [-0.2, 0) is 26.0 Å². The van der Waals surface area contributed by atoms with Gasteiger partial charge in [-0.2, -0.15) is 4.31 Å². The van der Waals surface area contributed by atoms with E-state index in [9.17, 15) is 18.0 Å². The van der Waals surface area contributed by atoms with E-state index >= 15 is 0 Å². The van der Waals surface area contributed by atoms with Crippen LogP contribution >= 0.6 is 11.6 Å². The maximum absolute atomic E-state index is 13.2. The van der Waals surface area contributed by atoms with Gasteiger partial charge in [-0.05, 0) is 49.6 Å². The number of hydrogen-bond donors (Lipinski definition) is 1. The number of benzene rings is 2. The molecule has 0 saturated heterocycles. The van der Waals surface area contributed by atoms with E-state index in [1.807, 2.05) is 37.3 Å². The highest BCUT2D eigenvalue weighted by Gasteiger charge is 2.29. The van der Waals surface area contributed by atoms with Crippen molar-refractivity contribution in [2.24, 2.45) is 0 Å². The Morgan fingerprint density at radius 1 is 1.06 bits per heavy atom. The fourth-order valence-electron chi connectivity index (χ4n) is 3.26. The molecule has 0 spiro atoms. The Balaban J connectivity index is 2.16. The summed E-state index contributed by atoms with van der Waals surface area (Å²) in [5.74, 6) is -0.697. The van der Waals surface area contributed by atoms with E-state index in [4.69, 9.17) is 11.6 Å². The Morgan fingerprint density at radius 3 is 2.30 bits per heavy atom. The first-order chi connectivity index (χ1) is 15.7. The molecular weight excluding hydrogens is 462 g/mol. The topological polar surface area (TPSA) is 86.8 Å². The molecule has 2 rings (SSSR count). The van der Waals surface area contributed by atoms with Crippen LogP contribution in [0, 0.1) is 0 Å². The normalized spacial score (nSPS) is 12.4. The van der Waals surface area contributed by atoms with Gasteiger partial charge in [0.15, 0.2) is 0 Å². The van der Waals surface area contributed by atoms with Gasteiger partial charge in [0.2, 0.25) is 21.8 Å². The summed E-state index contributed by atoms with van der Waals surface area (Å²) in [6, 6.07) is 14.7. The molecule has 33 heavy (non-hydrogen) atoms. The van der Waals surface area contributed by atoms with Gasteiger partial charge in [0.25, 0.3) is 0 Å². The van der Waals surface area contributed by atoms with Gasteiger partial charge in [-0.15, -0.1) is 0 Å². The van der Waals surface area contributed by atoms with Gasteiger partial charge in [-0.25, -0.2) is 8.42 Å². The van der Waals surface area contributed by atoms with E-state index in [1.54, 1.807) is 6.92 Å². The van der Waals surface area contributed by atoms with Crippen LogP contribution in [0.3, 0.4) is 0 Å². The Bertz CT molecular complexity index is 1010. The average molecular weight is 494 g/mol. The summed E-state index contributed by atoms with van der Waals surface area (Å²) in [6.07, 6.45) is 2.34. The van der Waals surface area contributed by atoms with Crippen molar-refractivity contribution < 1.29 is 18.0 Å². The summed E-state index contributed by atoms with van der Waals surface area (Å²) < 4.78 is 26.8. The highest BCUT2D eigenvalue weighted by Crippen LogP contribution is 2.18. The number of halogens is 1. The van der Waals surface area contributed by atoms with Crippen LogP contribution in [0.25, 0.3) is 0 Å². The zero-order valence-electron chi connectivity index (χ0n) is 19.3. The molecule has 0 aliphatic rings. The Hall–Kier alpha value is -2.42. The summed E-state index contributed by atoms with van der Waals surface area (Å²) >= 11 is 5.86. The van der Waals surface area contributed by atoms with Crippen molar-refractivity contribution in [3.05, 3.63) is 65.2 Å². The number of likely N-dealkylation sites (N-methyl/N-ethyl adjacent to an activating group) is 1. The van der Waals surface area contributed by atoms with Crippen molar-refractivity contribution >= 4 is 33.4 Å². The molecular formula is C24H32ClN3O4S. The van der Waals surface area contributed by atoms with Gasteiger partial charge < -0.3 is 10.2 Å². The van der Waals surface area contributed by atoms with Gasteiger partial charge in [0.05, 0.1) is 11.4 Å². The molecule has 0 aliphatic heterocycles. The van der Waals surface area contributed by atoms with E-state index < -0.39 is 22.0 Å². The molecule has 0 heterocycles. The minimum Gasteiger partial charge on any atom is -0.354 e. The molecule has 0 unspecified atom stereocenters. The summed E-state index contributed by atoms with van der Waals surface area (Å²) in [5, 5.41) is 3.27. The lowest BCUT2D eigenvalue weighted by Gasteiger charge is -2.30. The van der Waals surface area contributed by atoms with Crippen molar-refractivity contribution in [2.75, 3.05) is 26.7 Å². The van der Waals surface area contributed by atoms with Gasteiger partial charge in [-0.1, -0.05) is 55.3 Å². The van der Waals surface area contributed by atoms with E-state index in [-0.39, 0.29) is 17.3 Å². The number of unbranched alkanes of at least 4 members (excludes halogenated alkanes) is 1. The lowest BCUT2D eigenvalue weighted by molar-refractivity contribution is -0.139. The number of hydrogen-bond acceptors (Lipinski definition) is 4. The first kappa shape index (κ1) is 26.8. The van der Waals surface area contributed by atoms with Crippen LogP contribution in [0.4, 0.5) is 0 Å². The Labute approximate surface area is 201 Å². The molecule has 0 aliphatic carbocycles. The highest BCUT2D eigenvalue weighted by atomic mass is 35.5. The fourth-order valence-corrected chi connectivity index (χ4v) is 4.51. The second-order valence-corrected chi connectivity index (χ2v) is 10.3. The van der Waals surface area contributed by atoms with Crippen LogP contribution in [0.5, 0.6) is 0 Å². The molecule has 7 nitrogen and oxygen atoms in total. The smallest absolute Gasteiger partial charge is 0.243 e. The molecule has 0 radical (unpaired) electrons. The predicted molar refractivity (Wildman–Crippen MR) is 131 cm³/mol. The third kappa shape index (κ3) is 7.84. The monoisotopic (exact) mass is 493 g/mol. The summed E-state index contributed by atoms with van der Waals surface area (Å²) in [5.41, 5.74) is 1.02. The third-order valence-corrected chi connectivity index (χ3v) is 7.43. The quantitative estimate of drug-likeness (QED) is 0.459. The van der Waals surface area contributed by atoms with Crippen LogP contribution in [0.15, 0.2) is 59.5 Å². The SMILES string of the molecule is CCCCNC(=O)[C@@H](C)N(CCc1ccccc1)C(=O)CN(C)S(=O)(=O)c1ccc(Cl)cc1. The van der Waals surface area contributed by atoms with Gasteiger partial charge in [-0.3, -0.25) is 9.59 Å². The van der Waals surface area contributed by atoms with E-state index in [2.05, 4.69) is 5.32 Å². The molecule has 0 saturated carbocycles. The largest absolute Gasteiger partial charge is 0.354 e. The number of nitrogens with one attached hydrogen (secondary N) is 1. The van der Waals surface area contributed by atoms with Crippen molar-refractivity contribution in [1.82, 2.24) is 14.5 Å². The van der Waals surface area contributed by atoms with E-state index in [0.29, 0.717) is 24.5 Å². The van der Waals surface area contributed by atoms with Gasteiger partial charge >= 0.3 is 0 Å². The molecule has 1 atom stereocenters. The number of carbonyl (C=O) groups is 2. The predicted octanol–water partition coefficient (Wildman–Crippen LogP) is 3.34. The summed E-state index contributed by atoms with van der Waals surface area (Å²) in [4.78, 5) is 27.4. The van der Waals surface area contributed by atoms with E-state index in [1.165, 1.54) is 36.2 Å². The lowest BCUT2D eigenvalue weighted by atomic mass is 10.1. The van der Waals surface area contributed by atoms with Crippen molar-refractivity contribution in [3.63, 3.8) is 0 Å². The van der Waals surface area contributed by atoms with Crippen LogP contribution in [-0.4, -0.2) is 62.2 Å². The number of carbonyl (C=O) groups excluding carboxylic acids is 2. The highest BCUT2D eigenvalue weighted by molar-refractivity contribution is 7.89. The Kier molecular flexibility index (Phi) is 10.3. The second-order valence-electron chi connectivity index (χ2n) is 7.86. The summed E-state index contributed by atoms with van der Waals surface area (Å²) in [6.45, 7) is 4.14. The number of amides is 2. The van der Waals surface area contributed by atoms with Gasteiger partial charge in [0, 0.05) is 25.2 Å². The number of rotatable bonds is 12. The molecule has 2 aromatic carbocycles. The van der Waals surface area contributed by atoms with Crippen LogP contribution < -0.4 is 5.32 Å². The minimum atomic E-state index is -3.89. The third-order valence-electron chi connectivity index (χ3n) is 5.36. The first-order valence-corrected chi connectivity index (χ1v) is 12.8. The molecule has 0 bridgehead atoms. The van der Waals surface area contributed by atoms with Crippen LogP contribution in [0.1, 0.15) is 32.3 Å². The molecule has 0 fully saturated rings. The zero-order chi connectivity index (χ0) is 24.4. The summed E-state index contributed by atoms with van der Waals surface area (Å²) in [7, 11) is -2.54. The number of nitrogens with zero attached hydrogens (tertiary/aromatic N) is 2. The molecule has 2 aromatic rings. The van der Waals surface area contributed by atoms with Gasteiger partial charge in [0.1, 0.15) is 6.04 Å². The average Bonchev–Trinajstić information content (AvgIpc) is 2.80. The maximum atomic E-state index is 13.2. The standard InChI is InChI=1S/C24H32ClN3O4S/c1-4-5-16-26-24(30)19(2)28(17-15-20-9-7-6-8-10-20)23(29)18-27(3)33(31,32)22-13-11-21(25)12-14-22/h6-14,19H,4-5,15-18H2,1-3H3,(H,26,30)/t19-/m1/s1. The molecule has 2 amide bonds. The maximum Gasteiger partial charge on any atom is 0.243 e. The second kappa shape index (κ2) is 12.7. The van der Waals surface area contributed by atoms with Crippen LogP contribution in [0.2, 0.25) is 5.02 Å². The lowest BCUT2D eigenvalue weighted by Crippen LogP contribution is -2.51. The molecule has 180 valence electrons. The molecule has 9 heteroatoms. The number of sulfonamides is 1. The van der Waals surface area contributed by atoms with Crippen molar-refractivity contribution in [1.29, 1.82) is 0 Å². The molecule has 1 N–H and O–H groups in total. The van der Waals surface area contributed by atoms with Crippen molar-refractivity contribution in [2.45, 2.75) is 44.0 Å². The minimum absolute atomic E-state index is 0.0448.